The normalized spacial score (nSPS) is 25.3. The summed E-state index contributed by atoms with van der Waals surface area (Å²) in [4.78, 5) is 0. The third kappa shape index (κ3) is 2.61. The Morgan fingerprint density at radius 1 is 1.67 bits per heavy atom. The summed E-state index contributed by atoms with van der Waals surface area (Å²) in [7, 11) is 0. The molecule has 1 heterocycles. The molecule has 12 heavy (non-hydrogen) atoms. The molecule has 0 aliphatic carbocycles. The van der Waals surface area contributed by atoms with Gasteiger partial charge in [-0.05, 0) is 12.3 Å². The van der Waals surface area contributed by atoms with Crippen molar-refractivity contribution in [3.63, 3.8) is 0 Å². The Hall–Kier alpha value is -0.340. The first-order valence-electron chi connectivity index (χ1n) is 4.72. The molecule has 0 bridgehead atoms. The zero-order valence-electron chi connectivity index (χ0n) is 8.05. The summed E-state index contributed by atoms with van der Waals surface area (Å²) in [6.07, 6.45) is 3.47. The predicted octanol–water partition coefficient (Wildman–Crippen LogP) is 1.56. The molecule has 0 aromatic heterocycles. The average molecular weight is 169 g/mol. The highest BCUT2D eigenvalue weighted by atomic mass is 16.5. The molecule has 1 unspecified atom stereocenters. The van der Waals surface area contributed by atoms with E-state index in [0.29, 0.717) is 18.4 Å². The first-order chi connectivity index (χ1) is 5.74. The lowest BCUT2D eigenvalue weighted by molar-refractivity contribution is 0.191. The summed E-state index contributed by atoms with van der Waals surface area (Å²) in [6.45, 7) is 6.87. The van der Waals surface area contributed by atoms with Crippen LogP contribution >= 0.6 is 0 Å². The summed E-state index contributed by atoms with van der Waals surface area (Å²) in [5.41, 5.74) is 7.01. The highest BCUT2D eigenvalue weighted by molar-refractivity contribution is 5.09. The molecule has 1 aliphatic rings. The Morgan fingerprint density at radius 3 is 2.83 bits per heavy atom. The Labute approximate surface area is 74.8 Å². The predicted molar refractivity (Wildman–Crippen MR) is 50.9 cm³/mol. The highest BCUT2D eigenvalue weighted by Gasteiger charge is 2.14. The van der Waals surface area contributed by atoms with Crippen LogP contribution in [0.2, 0.25) is 0 Å². The van der Waals surface area contributed by atoms with Crippen LogP contribution in [0.3, 0.4) is 0 Å². The maximum atomic E-state index is 5.64. The maximum Gasteiger partial charge on any atom is 0.0529 e. The Morgan fingerprint density at radius 2 is 2.42 bits per heavy atom. The Bertz CT molecular complexity index is 157. The third-order valence-corrected chi connectivity index (χ3v) is 2.39. The summed E-state index contributed by atoms with van der Waals surface area (Å²) in [5.74, 6) is 1.20. The molecule has 70 valence electrons. The first kappa shape index (κ1) is 9.75. The number of rotatable bonds is 3. The van der Waals surface area contributed by atoms with Crippen LogP contribution in [0.25, 0.3) is 0 Å². The van der Waals surface area contributed by atoms with Gasteiger partial charge >= 0.3 is 0 Å². The second-order valence-corrected chi connectivity index (χ2v) is 3.72. The Balaban J connectivity index is 2.50. The van der Waals surface area contributed by atoms with Crippen molar-refractivity contribution in [1.82, 2.24) is 0 Å². The molecule has 2 N–H and O–H groups in total. The van der Waals surface area contributed by atoms with Crippen LogP contribution in [-0.2, 0) is 4.74 Å². The highest BCUT2D eigenvalue weighted by Crippen LogP contribution is 2.18. The molecule has 1 saturated heterocycles. The van der Waals surface area contributed by atoms with Crippen molar-refractivity contribution in [3.05, 3.63) is 11.6 Å². The van der Waals surface area contributed by atoms with Gasteiger partial charge in [0.2, 0.25) is 0 Å². The van der Waals surface area contributed by atoms with Crippen molar-refractivity contribution < 1.29 is 4.74 Å². The van der Waals surface area contributed by atoms with Crippen molar-refractivity contribution in [3.8, 4) is 0 Å². The van der Waals surface area contributed by atoms with Crippen molar-refractivity contribution in [1.29, 1.82) is 0 Å². The van der Waals surface area contributed by atoms with Crippen LogP contribution in [-0.4, -0.2) is 19.8 Å². The van der Waals surface area contributed by atoms with Gasteiger partial charge in [0, 0.05) is 19.1 Å². The minimum atomic E-state index is 0.579. The zero-order chi connectivity index (χ0) is 8.97. The molecule has 2 nitrogen and oxygen atoms in total. The van der Waals surface area contributed by atoms with E-state index in [0.717, 1.165) is 19.6 Å². The second-order valence-electron chi connectivity index (χ2n) is 3.72. The van der Waals surface area contributed by atoms with Gasteiger partial charge in [0.15, 0.2) is 0 Å². The van der Waals surface area contributed by atoms with Crippen LogP contribution in [0.4, 0.5) is 0 Å². The molecular formula is C10H19NO. The van der Waals surface area contributed by atoms with Crippen LogP contribution in [0.15, 0.2) is 11.6 Å². The van der Waals surface area contributed by atoms with Crippen molar-refractivity contribution in [2.75, 3.05) is 19.8 Å². The van der Waals surface area contributed by atoms with Crippen molar-refractivity contribution in [2.45, 2.75) is 20.3 Å². The van der Waals surface area contributed by atoms with E-state index in [1.165, 1.54) is 5.57 Å². The van der Waals surface area contributed by atoms with Gasteiger partial charge in [0.05, 0.1) is 6.61 Å². The molecule has 0 aromatic carbocycles. The lowest BCUT2D eigenvalue weighted by atomic mass is 9.97. The minimum absolute atomic E-state index is 0.579. The van der Waals surface area contributed by atoms with Gasteiger partial charge in [-0.15, -0.1) is 0 Å². The van der Waals surface area contributed by atoms with E-state index in [2.05, 4.69) is 19.9 Å². The van der Waals surface area contributed by atoms with Gasteiger partial charge in [0.1, 0.15) is 0 Å². The lowest BCUT2D eigenvalue weighted by Crippen LogP contribution is -2.10. The minimum Gasteiger partial charge on any atom is -0.381 e. The van der Waals surface area contributed by atoms with E-state index in [4.69, 9.17) is 10.5 Å². The topological polar surface area (TPSA) is 35.2 Å². The Kier molecular flexibility index (Phi) is 3.76. The SMILES string of the molecule is CC(C)C(=CC1CCOC1)CN. The summed E-state index contributed by atoms with van der Waals surface area (Å²) in [5, 5.41) is 0. The van der Waals surface area contributed by atoms with Gasteiger partial charge in [-0.3, -0.25) is 0 Å². The smallest absolute Gasteiger partial charge is 0.0529 e. The fourth-order valence-corrected chi connectivity index (χ4v) is 1.48. The summed E-state index contributed by atoms with van der Waals surface area (Å²) < 4.78 is 5.30. The van der Waals surface area contributed by atoms with E-state index in [1.54, 1.807) is 0 Å². The zero-order valence-corrected chi connectivity index (χ0v) is 8.05. The molecule has 1 fully saturated rings. The third-order valence-electron chi connectivity index (χ3n) is 2.39. The van der Waals surface area contributed by atoms with E-state index in [9.17, 15) is 0 Å². The van der Waals surface area contributed by atoms with Gasteiger partial charge < -0.3 is 10.5 Å². The van der Waals surface area contributed by atoms with Gasteiger partial charge in [-0.2, -0.15) is 0 Å². The van der Waals surface area contributed by atoms with Crippen molar-refractivity contribution in [2.24, 2.45) is 17.6 Å². The monoisotopic (exact) mass is 169 g/mol. The van der Waals surface area contributed by atoms with Gasteiger partial charge in [-0.1, -0.05) is 25.5 Å². The number of hydrogen-bond donors (Lipinski definition) is 1. The molecule has 0 saturated carbocycles. The van der Waals surface area contributed by atoms with E-state index in [1.807, 2.05) is 0 Å². The fourth-order valence-electron chi connectivity index (χ4n) is 1.48. The molecule has 0 aromatic rings. The van der Waals surface area contributed by atoms with Crippen molar-refractivity contribution >= 4 is 0 Å². The molecule has 1 aliphatic heterocycles. The van der Waals surface area contributed by atoms with Crippen LogP contribution in [0.5, 0.6) is 0 Å². The quantitative estimate of drug-likeness (QED) is 0.651. The lowest BCUT2D eigenvalue weighted by Gasteiger charge is -2.10. The molecule has 1 rings (SSSR count). The second kappa shape index (κ2) is 4.63. The fraction of sp³-hybridized carbons (Fsp3) is 0.800. The summed E-state index contributed by atoms with van der Waals surface area (Å²) in [6, 6.07) is 0. The molecule has 1 atom stereocenters. The first-order valence-corrected chi connectivity index (χ1v) is 4.72. The van der Waals surface area contributed by atoms with E-state index < -0.39 is 0 Å². The van der Waals surface area contributed by atoms with E-state index >= 15 is 0 Å². The largest absolute Gasteiger partial charge is 0.381 e. The average Bonchev–Trinajstić information content (AvgIpc) is 2.51. The van der Waals surface area contributed by atoms with Gasteiger partial charge in [-0.25, -0.2) is 0 Å². The van der Waals surface area contributed by atoms with Crippen LogP contribution in [0.1, 0.15) is 20.3 Å². The molecule has 0 spiro atoms. The van der Waals surface area contributed by atoms with Crippen LogP contribution < -0.4 is 5.73 Å². The molecule has 0 amide bonds. The number of ether oxygens (including phenoxy) is 1. The molecule has 2 heteroatoms. The van der Waals surface area contributed by atoms with Gasteiger partial charge in [0.25, 0.3) is 0 Å². The standard InChI is InChI=1S/C10H19NO/c1-8(2)10(6-11)5-9-3-4-12-7-9/h5,8-9H,3-4,6-7,11H2,1-2H3. The number of hydrogen-bond acceptors (Lipinski definition) is 2. The van der Waals surface area contributed by atoms with Crippen LogP contribution in [0, 0.1) is 11.8 Å². The molecular weight excluding hydrogens is 150 g/mol. The molecule has 0 radical (unpaired) electrons. The summed E-state index contributed by atoms with van der Waals surface area (Å²) >= 11 is 0. The van der Waals surface area contributed by atoms with E-state index in [-0.39, 0.29) is 0 Å². The maximum absolute atomic E-state index is 5.64. The number of nitrogens with two attached hydrogens (primary N) is 1.